The number of rotatable bonds is 4. The summed E-state index contributed by atoms with van der Waals surface area (Å²) >= 11 is 0. The van der Waals surface area contributed by atoms with Gasteiger partial charge in [0.2, 0.25) is 0 Å². The molecule has 3 nitrogen and oxygen atoms in total. The maximum Gasteiger partial charge on any atom is 0.339 e. The topological polar surface area (TPSA) is 39.2 Å². The molecule has 0 aliphatic carbocycles. The maximum atomic E-state index is 12.8. The van der Waals surface area contributed by atoms with Crippen LogP contribution in [0.15, 0.2) is 41.9 Å². The van der Waals surface area contributed by atoms with Gasteiger partial charge in [-0.1, -0.05) is 6.08 Å². The minimum atomic E-state index is -0.417. The van der Waals surface area contributed by atoms with E-state index >= 15 is 0 Å². The Hall–Kier alpha value is -1.97. The third kappa shape index (κ3) is 4.13. The van der Waals surface area contributed by atoms with Gasteiger partial charge in [-0.25, -0.2) is 9.18 Å². The number of esters is 1. The second-order valence-corrected chi connectivity index (χ2v) is 3.80. The lowest BCUT2D eigenvalue weighted by Gasteiger charge is -2.03. The van der Waals surface area contributed by atoms with Gasteiger partial charge in [0.05, 0.1) is 18.5 Å². The summed E-state index contributed by atoms with van der Waals surface area (Å²) in [5.74, 6) is -0.658. The van der Waals surface area contributed by atoms with Crippen LogP contribution in [0, 0.1) is 0 Å². The van der Waals surface area contributed by atoms with E-state index in [0.29, 0.717) is 12.0 Å². The summed E-state index contributed by atoms with van der Waals surface area (Å²) in [6, 6.07) is 3.38. The summed E-state index contributed by atoms with van der Waals surface area (Å²) in [6.45, 7) is 3.24. The van der Waals surface area contributed by atoms with E-state index in [9.17, 15) is 9.18 Å². The van der Waals surface area contributed by atoms with Gasteiger partial charge >= 0.3 is 5.97 Å². The zero-order valence-electron chi connectivity index (χ0n) is 10.7. The average molecular weight is 249 g/mol. The number of ether oxygens (including phenoxy) is 1. The van der Waals surface area contributed by atoms with Gasteiger partial charge in [0.25, 0.3) is 0 Å². The number of pyridine rings is 1. The first-order valence-electron chi connectivity index (χ1n) is 5.59. The summed E-state index contributed by atoms with van der Waals surface area (Å²) in [6.07, 6.45) is 5.29. The predicted molar refractivity (Wildman–Crippen MR) is 67.9 cm³/mol. The first-order valence-corrected chi connectivity index (χ1v) is 5.59. The number of carbonyl (C=O) groups is 1. The maximum absolute atomic E-state index is 12.8. The Kier molecular flexibility index (Phi) is 5.24. The first kappa shape index (κ1) is 14.1. The van der Waals surface area contributed by atoms with Gasteiger partial charge in [-0.3, -0.25) is 4.98 Å². The van der Waals surface area contributed by atoms with Crippen LogP contribution in [0.25, 0.3) is 0 Å². The highest BCUT2D eigenvalue weighted by Gasteiger charge is 2.06. The molecule has 0 radical (unpaired) electrons. The number of halogens is 1. The number of allylic oxidation sites excluding steroid dienone is 4. The highest BCUT2D eigenvalue weighted by molar-refractivity contribution is 5.88. The van der Waals surface area contributed by atoms with E-state index in [1.807, 2.05) is 13.0 Å². The molecule has 0 aromatic carbocycles. The number of aromatic nitrogens is 1. The molecule has 0 fully saturated rings. The number of methoxy groups -OCH3 is 1. The van der Waals surface area contributed by atoms with Crippen LogP contribution in [-0.4, -0.2) is 18.1 Å². The molecule has 0 N–H and O–H groups in total. The molecule has 0 atom stereocenters. The highest BCUT2D eigenvalue weighted by atomic mass is 19.1. The van der Waals surface area contributed by atoms with Crippen molar-refractivity contribution in [1.82, 2.24) is 4.98 Å². The van der Waals surface area contributed by atoms with Gasteiger partial charge in [0.15, 0.2) is 0 Å². The summed E-state index contributed by atoms with van der Waals surface area (Å²) in [5, 5.41) is 0. The van der Waals surface area contributed by atoms with Crippen LogP contribution in [0.2, 0.25) is 0 Å². The van der Waals surface area contributed by atoms with Crippen molar-refractivity contribution < 1.29 is 13.9 Å². The Morgan fingerprint density at radius 1 is 1.50 bits per heavy atom. The molecule has 0 aliphatic heterocycles. The summed E-state index contributed by atoms with van der Waals surface area (Å²) in [4.78, 5) is 15.4. The molecule has 1 rings (SSSR count). The number of nitrogens with zero attached hydrogens (tertiary/aromatic N) is 1. The van der Waals surface area contributed by atoms with E-state index in [0.717, 1.165) is 11.3 Å². The van der Waals surface area contributed by atoms with Crippen LogP contribution in [0.4, 0.5) is 4.39 Å². The number of hydrogen-bond donors (Lipinski definition) is 0. The molecular weight excluding hydrogens is 233 g/mol. The Labute approximate surface area is 106 Å². The van der Waals surface area contributed by atoms with Gasteiger partial charge < -0.3 is 4.74 Å². The van der Waals surface area contributed by atoms with Gasteiger partial charge in [0.1, 0.15) is 0 Å². The zero-order chi connectivity index (χ0) is 13.5. The largest absolute Gasteiger partial charge is 0.465 e. The van der Waals surface area contributed by atoms with Gasteiger partial charge in [-0.05, 0) is 37.6 Å². The fourth-order valence-electron chi connectivity index (χ4n) is 1.47. The van der Waals surface area contributed by atoms with Crippen LogP contribution in [-0.2, 0) is 11.2 Å². The van der Waals surface area contributed by atoms with Crippen molar-refractivity contribution in [3.05, 3.63) is 53.1 Å². The van der Waals surface area contributed by atoms with E-state index < -0.39 is 5.97 Å². The molecule has 1 aromatic rings. The average Bonchev–Trinajstić information content (AvgIpc) is 2.37. The minimum Gasteiger partial charge on any atom is -0.465 e. The number of hydrogen-bond acceptors (Lipinski definition) is 3. The van der Waals surface area contributed by atoms with E-state index in [1.54, 1.807) is 12.1 Å². The van der Waals surface area contributed by atoms with Crippen molar-refractivity contribution in [2.24, 2.45) is 0 Å². The number of carbonyl (C=O) groups excluding carboxylic acids is 1. The van der Waals surface area contributed by atoms with Crippen molar-refractivity contribution in [3.63, 3.8) is 0 Å². The Bertz CT molecular complexity index is 471. The SMILES string of the molecule is C/C=C(\C=C(/C)F)Cc1ccc(C(=O)OC)cn1. The standard InChI is InChI=1S/C14H16FNO2/c1-4-11(7-10(2)15)8-13-6-5-12(9-16-13)14(17)18-3/h4-7,9H,8H2,1-3H3/b10-7+,11-4+. The molecule has 0 spiro atoms. The van der Waals surface area contributed by atoms with E-state index in [4.69, 9.17) is 0 Å². The third-order valence-electron chi connectivity index (χ3n) is 2.39. The summed E-state index contributed by atoms with van der Waals surface area (Å²) < 4.78 is 17.4. The third-order valence-corrected chi connectivity index (χ3v) is 2.39. The molecule has 0 amide bonds. The molecule has 18 heavy (non-hydrogen) atoms. The molecule has 96 valence electrons. The van der Waals surface area contributed by atoms with Crippen LogP contribution >= 0.6 is 0 Å². The molecule has 0 saturated heterocycles. The molecule has 1 aromatic heterocycles. The lowest BCUT2D eigenvalue weighted by Crippen LogP contribution is -2.02. The lowest BCUT2D eigenvalue weighted by molar-refractivity contribution is 0.0600. The molecule has 0 aliphatic rings. The van der Waals surface area contributed by atoms with E-state index in [1.165, 1.54) is 26.3 Å². The first-order chi connectivity index (χ1) is 8.56. The molecule has 0 unspecified atom stereocenters. The van der Waals surface area contributed by atoms with Crippen LogP contribution in [0.1, 0.15) is 29.9 Å². The Balaban J connectivity index is 2.81. The fourth-order valence-corrected chi connectivity index (χ4v) is 1.47. The van der Waals surface area contributed by atoms with Crippen molar-refractivity contribution in [2.45, 2.75) is 20.3 Å². The Morgan fingerprint density at radius 2 is 2.22 bits per heavy atom. The molecule has 1 heterocycles. The fraction of sp³-hybridized carbons (Fsp3) is 0.286. The molecule has 4 heteroatoms. The van der Waals surface area contributed by atoms with Crippen molar-refractivity contribution in [3.8, 4) is 0 Å². The summed E-state index contributed by atoms with van der Waals surface area (Å²) in [5.41, 5.74) is 2.02. The quantitative estimate of drug-likeness (QED) is 0.607. The second kappa shape index (κ2) is 6.69. The van der Waals surface area contributed by atoms with Crippen molar-refractivity contribution in [2.75, 3.05) is 7.11 Å². The normalized spacial score (nSPS) is 12.4. The van der Waals surface area contributed by atoms with Crippen LogP contribution in [0.3, 0.4) is 0 Å². The van der Waals surface area contributed by atoms with E-state index in [-0.39, 0.29) is 5.83 Å². The van der Waals surface area contributed by atoms with Gasteiger partial charge in [-0.2, -0.15) is 0 Å². The molecule has 0 saturated carbocycles. The van der Waals surface area contributed by atoms with Crippen molar-refractivity contribution >= 4 is 5.97 Å². The Morgan fingerprint density at radius 3 is 2.67 bits per heavy atom. The van der Waals surface area contributed by atoms with Crippen molar-refractivity contribution in [1.29, 1.82) is 0 Å². The van der Waals surface area contributed by atoms with Crippen LogP contribution in [0.5, 0.6) is 0 Å². The van der Waals surface area contributed by atoms with E-state index in [2.05, 4.69) is 9.72 Å². The minimum absolute atomic E-state index is 0.241. The molecular formula is C14H16FNO2. The smallest absolute Gasteiger partial charge is 0.339 e. The highest BCUT2D eigenvalue weighted by Crippen LogP contribution is 2.11. The predicted octanol–water partition coefficient (Wildman–Crippen LogP) is 3.23. The van der Waals surface area contributed by atoms with Gasteiger partial charge in [-0.15, -0.1) is 0 Å². The second-order valence-electron chi connectivity index (χ2n) is 3.80. The monoisotopic (exact) mass is 249 g/mol. The van der Waals surface area contributed by atoms with Crippen LogP contribution < -0.4 is 0 Å². The lowest BCUT2D eigenvalue weighted by atomic mass is 10.1. The zero-order valence-corrected chi connectivity index (χ0v) is 10.7. The molecule has 0 bridgehead atoms. The van der Waals surface area contributed by atoms with Gasteiger partial charge in [0, 0.05) is 18.3 Å². The summed E-state index contributed by atoms with van der Waals surface area (Å²) in [7, 11) is 1.32.